The monoisotopic (exact) mass is 249 g/mol. The van der Waals surface area contributed by atoms with Gasteiger partial charge in [-0.3, -0.25) is 0 Å². The normalized spacial score (nSPS) is 15.1. The summed E-state index contributed by atoms with van der Waals surface area (Å²) in [5.41, 5.74) is 2.51. The first-order chi connectivity index (χ1) is 8.85. The molecule has 0 aromatic heterocycles. The molecule has 2 N–H and O–H groups in total. The summed E-state index contributed by atoms with van der Waals surface area (Å²) < 4.78 is 10.7. The zero-order valence-electron chi connectivity index (χ0n) is 10.6. The van der Waals surface area contributed by atoms with Crippen molar-refractivity contribution in [2.45, 2.75) is 6.42 Å². The minimum absolute atomic E-state index is 0.00171. The predicted molar refractivity (Wildman–Crippen MR) is 71.0 cm³/mol. The molecule has 98 valence electrons. The van der Waals surface area contributed by atoms with E-state index in [1.165, 1.54) is 11.1 Å². The second kappa shape index (κ2) is 6.42. The lowest BCUT2D eigenvalue weighted by atomic mass is 10.00. The van der Waals surface area contributed by atoms with Gasteiger partial charge in [-0.05, 0) is 36.2 Å². The molecule has 0 saturated heterocycles. The second-order valence-corrected chi connectivity index (χ2v) is 4.12. The summed E-state index contributed by atoms with van der Waals surface area (Å²) in [4.78, 5) is 0. The van der Waals surface area contributed by atoms with Crippen LogP contribution in [0.1, 0.15) is 12.0 Å². The fourth-order valence-corrected chi connectivity index (χ4v) is 2.03. The van der Waals surface area contributed by atoms with Crippen LogP contribution in [0, 0.1) is 0 Å². The molecule has 0 radical (unpaired) electrons. The van der Waals surface area contributed by atoms with Crippen molar-refractivity contribution in [2.75, 3.05) is 33.4 Å². The molecule has 0 fully saturated rings. The fourth-order valence-electron chi connectivity index (χ4n) is 2.03. The Kier molecular flexibility index (Phi) is 4.61. The third-order valence-electron chi connectivity index (χ3n) is 2.95. The SMILES string of the molecule is COc1cc(C2=CCNCC2)ccc1OCCO. The van der Waals surface area contributed by atoms with E-state index in [1.807, 2.05) is 18.2 Å². The van der Waals surface area contributed by atoms with Crippen molar-refractivity contribution in [2.24, 2.45) is 0 Å². The van der Waals surface area contributed by atoms with Gasteiger partial charge in [0, 0.05) is 6.54 Å². The molecule has 0 aliphatic carbocycles. The Labute approximate surface area is 107 Å². The first-order valence-electron chi connectivity index (χ1n) is 6.17. The zero-order chi connectivity index (χ0) is 12.8. The van der Waals surface area contributed by atoms with Gasteiger partial charge in [-0.15, -0.1) is 0 Å². The van der Waals surface area contributed by atoms with Crippen LogP contribution >= 0.6 is 0 Å². The van der Waals surface area contributed by atoms with Crippen LogP contribution in [0.15, 0.2) is 24.3 Å². The van der Waals surface area contributed by atoms with Crippen LogP contribution in [0.3, 0.4) is 0 Å². The summed E-state index contributed by atoms with van der Waals surface area (Å²) >= 11 is 0. The number of aliphatic hydroxyl groups excluding tert-OH is 1. The summed E-state index contributed by atoms with van der Waals surface area (Å²) in [7, 11) is 1.63. The molecule has 18 heavy (non-hydrogen) atoms. The van der Waals surface area contributed by atoms with Gasteiger partial charge in [0.05, 0.1) is 13.7 Å². The molecular formula is C14H19NO3. The number of ether oxygens (including phenoxy) is 2. The molecule has 0 spiro atoms. The van der Waals surface area contributed by atoms with Crippen LogP contribution in [0.5, 0.6) is 11.5 Å². The van der Waals surface area contributed by atoms with E-state index in [4.69, 9.17) is 14.6 Å². The van der Waals surface area contributed by atoms with Crippen molar-refractivity contribution < 1.29 is 14.6 Å². The number of nitrogens with one attached hydrogen (secondary N) is 1. The topological polar surface area (TPSA) is 50.7 Å². The van der Waals surface area contributed by atoms with Gasteiger partial charge in [-0.2, -0.15) is 0 Å². The summed E-state index contributed by atoms with van der Waals surface area (Å²) in [6, 6.07) is 5.92. The Morgan fingerprint density at radius 2 is 2.22 bits per heavy atom. The van der Waals surface area contributed by atoms with Gasteiger partial charge < -0.3 is 19.9 Å². The van der Waals surface area contributed by atoms with Gasteiger partial charge in [0.1, 0.15) is 6.61 Å². The molecule has 1 aliphatic heterocycles. The minimum Gasteiger partial charge on any atom is -0.493 e. The van der Waals surface area contributed by atoms with Gasteiger partial charge >= 0.3 is 0 Å². The first kappa shape index (κ1) is 12.9. The van der Waals surface area contributed by atoms with Crippen molar-refractivity contribution in [1.82, 2.24) is 5.32 Å². The lowest BCUT2D eigenvalue weighted by Crippen LogP contribution is -2.20. The van der Waals surface area contributed by atoms with Crippen molar-refractivity contribution in [3.8, 4) is 11.5 Å². The molecule has 1 aliphatic rings. The highest BCUT2D eigenvalue weighted by Gasteiger charge is 2.10. The quantitative estimate of drug-likeness (QED) is 0.829. The largest absolute Gasteiger partial charge is 0.493 e. The van der Waals surface area contributed by atoms with Crippen LogP contribution in [-0.4, -0.2) is 38.5 Å². The Bertz CT molecular complexity index is 429. The van der Waals surface area contributed by atoms with E-state index in [2.05, 4.69) is 11.4 Å². The van der Waals surface area contributed by atoms with Gasteiger partial charge in [0.2, 0.25) is 0 Å². The highest BCUT2D eigenvalue weighted by atomic mass is 16.5. The molecule has 0 atom stereocenters. The molecule has 0 unspecified atom stereocenters. The number of hydrogen-bond donors (Lipinski definition) is 2. The predicted octanol–water partition coefficient (Wildman–Crippen LogP) is 1.44. The Morgan fingerprint density at radius 1 is 1.33 bits per heavy atom. The summed E-state index contributed by atoms with van der Waals surface area (Å²) in [5.74, 6) is 1.38. The molecule has 1 aromatic carbocycles. The van der Waals surface area contributed by atoms with Gasteiger partial charge in [-0.1, -0.05) is 12.1 Å². The summed E-state index contributed by atoms with van der Waals surface area (Å²) in [6.07, 6.45) is 3.23. The molecule has 4 nitrogen and oxygen atoms in total. The van der Waals surface area contributed by atoms with E-state index < -0.39 is 0 Å². The molecule has 0 bridgehead atoms. The molecule has 0 saturated carbocycles. The summed E-state index contributed by atoms with van der Waals surface area (Å²) in [5, 5.41) is 12.1. The van der Waals surface area contributed by atoms with Crippen LogP contribution in [-0.2, 0) is 0 Å². The lowest BCUT2D eigenvalue weighted by Gasteiger charge is -2.16. The average Bonchev–Trinajstić information content (AvgIpc) is 2.46. The Hall–Kier alpha value is -1.52. The second-order valence-electron chi connectivity index (χ2n) is 4.12. The molecular weight excluding hydrogens is 230 g/mol. The van der Waals surface area contributed by atoms with Crippen LogP contribution in [0.2, 0.25) is 0 Å². The van der Waals surface area contributed by atoms with Crippen LogP contribution in [0.25, 0.3) is 5.57 Å². The van der Waals surface area contributed by atoms with E-state index >= 15 is 0 Å². The number of rotatable bonds is 5. The standard InChI is InChI=1S/C14H19NO3/c1-17-14-10-12(11-4-6-15-7-5-11)2-3-13(14)18-9-8-16/h2-4,10,15-16H,5-9H2,1H3. The Morgan fingerprint density at radius 3 is 2.89 bits per heavy atom. The van der Waals surface area contributed by atoms with E-state index in [9.17, 15) is 0 Å². The smallest absolute Gasteiger partial charge is 0.161 e. The number of methoxy groups -OCH3 is 1. The third-order valence-corrected chi connectivity index (χ3v) is 2.95. The van der Waals surface area contributed by atoms with Gasteiger partial charge in [0.15, 0.2) is 11.5 Å². The molecule has 4 heteroatoms. The van der Waals surface area contributed by atoms with Crippen molar-refractivity contribution in [3.63, 3.8) is 0 Å². The third kappa shape index (κ3) is 3.03. The van der Waals surface area contributed by atoms with E-state index in [-0.39, 0.29) is 13.2 Å². The van der Waals surface area contributed by atoms with Crippen molar-refractivity contribution in [3.05, 3.63) is 29.8 Å². The van der Waals surface area contributed by atoms with E-state index in [0.717, 1.165) is 19.5 Å². The Balaban J connectivity index is 2.20. The maximum absolute atomic E-state index is 8.77. The minimum atomic E-state index is 0.00171. The summed E-state index contributed by atoms with van der Waals surface area (Å²) in [6.45, 7) is 2.21. The molecule has 1 aromatic rings. The zero-order valence-corrected chi connectivity index (χ0v) is 10.6. The van der Waals surface area contributed by atoms with Crippen LogP contribution in [0.4, 0.5) is 0 Å². The number of hydrogen-bond acceptors (Lipinski definition) is 4. The maximum atomic E-state index is 8.77. The highest BCUT2D eigenvalue weighted by molar-refractivity contribution is 5.69. The molecule has 0 amide bonds. The number of benzene rings is 1. The van der Waals surface area contributed by atoms with E-state index in [0.29, 0.717) is 11.5 Å². The van der Waals surface area contributed by atoms with Crippen molar-refractivity contribution in [1.29, 1.82) is 0 Å². The van der Waals surface area contributed by atoms with E-state index in [1.54, 1.807) is 7.11 Å². The molecule has 2 rings (SSSR count). The van der Waals surface area contributed by atoms with Gasteiger partial charge in [0.25, 0.3) is 0 Å². The number of aliphatic hydroxyl groups is 1. The average molecular weight is 249 g/mol. The lowest BCUT2D eigenvalue weighted by molar-refractivity contribution is 0.196. The molecule has 1 heterocycles. The maximum Gasteiger partial charge on any atom is 0.161 e. The highest BCUT2D eigenvalue weighted by Crippen LogP contribution is 2.31. The van der Waals surface area contributed by atoms with Gasteiger partial charge in [-0.25, -0.2) is 0 Å². The fraction of sp³-hybridized carbons (Fsp3) is 0.429. The first-order valence-corrected chi connectivity index (χ1v) is 6.17. The van der Waals surface area contributed by atoms with Crippen LogP contribution < -0.4 is 14.8 Å². The van der Waals surface area contributed by atoms with Crippen molar-refractivity contribution >= 4 is 5.57 Å².